The van der Waals surface area contributed by atoms with Crippen molar-refractivity contribution >= 4 is 21.8 Å². The molecule has 0 saturated heterocycles. The number of anilines is 1. The third-order valence-electron chi connectivity index (χ3n) is 5.24. The third kappa shape index (κ3) is 6.55. The molecule has 0 aliphatic rings. The van der Waals surface area contributed by atoms with Gasteiger partial charge < -0.3 is 14.4 Å². The second-order valence-electron chi connectivity index (χ2n) is 7.82. The second-order valence-corrected chi connectivity index (χ2v) is 9.37. The summed E-state index contributed by atoms with van der Waals surface area (Å²) in [6, 6.07) is 18.3. The Balaban J connectivity index is 1.71. The number of carbonyl (C=O) groups is 1. The first-order valence-corrected chi connectivity index (χ1v) is 12.0. The first kappa shape index (κ1) is 24.3. The average molecular weight is 471 g/mol. The van der Waals surface area contributed by atoms with Crippen LogP contribution in [0, 0.1) is 12.7 Å². The van der Waals surface area contributed by atoms with Crippen LogP contribution in [0.5, 0.6) is 5.75 Å². The van der Waals surface area contributed by atoms with Crippen molar-refractivity contribution in [2.45, 2.75) is 44.7 Å². The van der Waals surface area contributed by atoms with Crippen molar-refractivity contribution in [1.82, 2.24) is 4.90 Å². The normalized spacial score (nSPS) is 12.1. The van der Waals surface area contributed by atoms with Gasteiger partial charge >= 0.3 is 16.1 Å². The number of hydrogen-bond donors (Lipinski definition) is 1. The van der Waals surface area contributed by atoms with Crippen LogP contribution in [0.2, 0.25) is 0 Å². The van der Waals surface area contributed by atoms with Crippen molar-refractivity contribution < 1.29 is 21.8 Å². The molecule has 0 spiro atoms. The monoisotopic (exact) mass is 470 g/mol. The summed E-state index contributed by atoms with van der Waals surface area (Å²) in [6.07, 6.45) is 0.776. The summed E-state index contributed by atoms with van der Waals surface area (Å²) in [6.45, 7) is 6.29. The number of carbonyl (C=O) groups excluding carboxylic acids is 1. The summed E-state index contributed by atoms with van der Waals surface area (Å²) in [5.41, 5.74) is 2.60. The molecule has 6 nitrogen and oxygen atoms in total. The molecule has 2 amide bonds. The predicted molar refractivity (Wildman–Crippen MR) is 126 cm³/mol. The van der Waals surface area contributed by atoms with Gasteiger partial charge in [0.05, 0.1) is 0 Å². The second kappa shape index (κ2) is 10.5. The lowest BCUT2D eigenvalue weighted by Crippen LogP contribution is -2.40. The lowest BCUT2D eigenvalue weighted by molar-refractivity contribution is 0.187. The van der Waals surface area contributed by atoms with Gasteiger partial charge in [-0.3, -0.25) is 0 Å². The maximum Gasteiger partial charge on any atom is 0.339 e. The van der Waals surface area contributed by atoms with E-state index >= 15 is 0 Å². The summed E-state index contributed by atoms with van der Waals surface area (Å²) < 4.78 is 43.0. The summed E-state index contributed by atoms with van der Waals surface area (Å²) in [5, 5.41) is 2.94. The fraction of sp³-hybridized carbons (Fsp3) is 0.240. The minimum Gasteiger partial charge on any atom is -0.379 e. The predicted octanol–water partition coefficient (Wildman–Crippen LogP) is 5.73. The Hall–Kier alpha value is -3.39. The van der Waals surface area contributed by atoms with Crippen LogP contribution in [0.3, 0.4) is 0 Å². The van der Waals surface area contributed by atoms with Gasteiger partial charge in [0.1, 0.15) is 16.5 Å². The van der Waals surface area contributed by atoms with Gasteiger partial charge in [0, 0.05) is 18.3 Å². The molecule has 0 aliphatic heterocycles. The minimum absolute atomic E-state index is 0.00964. The van der Waals surface area contributed by atoms with Crippen LogP contribution >= 0.6 is 0 Å². The molecule has 0 fully saturated rings. The standard InChI is InChI=1S/C25H27FN2O4S/c1-4-19(3)28(25(29)27-22-7-5-6-18(2)16-22)17-20-8-12-23(13-9-20)32-33(30,31)24-14-10-21(26)11-15-24/h5-16,19H,4,17H2,1-3H3,(H,27,29). The smallest absolute Gasteiger partial charge is 0.339 e. The fourth-order valence-electron chi connectivity index (χ4n) is 3.19. The van der Waals surface area contributed by atoms with Crippen molar-refractivity contribution in [3.8, 4) is 5.75 Å². The van der Waals surface area contributed by atoms with E-state index in [2.05, 4.69) is 5.32 Å². The van der Waals surface area contributed by atoms with E-state index in [-0.39, 0.29) is 22.7 Å². The van der Waals surface area contributed by atoms with E-state index in [4.69, 9.17) is 4.18 Å². The number of benzene rings is 3. The number of amides is 2. The molecule has 0 radical (unpaired) electrons. The summed E-state index contributed by atoms with van der Waals surface area (Å²) in [7, 11) is -4.08. The fourth-order valence-corrected chi connectivity index (χ4v) is 4.12. The largest absolute Gasteiger partial charge is 0.379 e. The van der Waals surface area contributed by atoms with E-state index in [0.717, 1.165) is 47.5 Å². The molecule has 8 heteroatoms. The number of urea groups is 1. The molecule has 3 aromatic carbocycles. The van der Waals surface area contributed by atoms with Crippen molar-refractivity contribution in [1.29, 1.82) is 0 Å². The van der Waals surface area contributed by atoms with Gasteiger partial charge in [0.15, 0.2) is 0 Å². The van der Waals surface area contributed by atoms with Gasteiger partial charge in [-0.05, 0) is 79.9 Å². The van der Waals surface area contributed by atoms with Crippen LogP contribution < -0.4 is 9.50 Å². The van der Waals surface area contributed by atoms with Crippen molar-refractivity contribution in [3.05, 3.63) is 89.7 Å². The number of halogens is 1. The number of hydrogen-bond acceptors (Lipinski definition) is 4. The van der Waals surface area contributed by atoms with Crippen LogP contribution in [-0.2, 0) is 16.7 Å². The molecule has 33 heavy (non-hydrogen) atoms. The molecule has 0 heterocycles. The van der Waals surface area contributed by atoms with E-state index < -0.39 is 15.9 Å². The Bertz CT molecular complexity index is 1200. The third-order valence-corrected chi connectivity index (χ3v) is 6.50. The average Bonchev–Trinajstić information content (AvgIpc) is 2.78. The molecule has 0 aliphatic carbocycles. The molecule has 3 aromatic rings. The van der Waals surface area contributed by atoms with Crippen molar-refractivity contribution in [3.63, 3.8) is 0 Å². The Kier molecular flexibility index (Phi) is 7.71. The van der Waals surface area contributed by atoms with Gasteiger partial charge in [-0.1, -0.05) is 31.2 Å². The molecule has 0 bridgehead atoms. The Morgan fingerprint density at radius 3 is 2.33 bits per heavy atom. The van der Waals surface area contributed by atoms with Crippen molar-refractivity contribution in [2.75, 3.05) is 5.32 Å². The van der Waals surface area contributed by atoms with E-state index in [1.807, 2.05) is 45.0 Å². The van der Waals surface area contributed by atoms with Gasteiger partial charge in [-0.15, -0.1) is 0 Å². The Morgan fingerprint density at radius 1 is 1.06 bits per heavy atom. The molecule has 1 unspecified atom stereocenters. The van der Waals surface area contributed by atoms with Crippen molar-refractivity contribution in [2.24, 2.45) is 0 Å². The zero-order valence-corrected chi connectivity index (χ0v) is 19.6. The van der Waals surface area contributed by atoms with Gasteiger partial charge in [0.2, 0.25) is 0 Å². The molecule has 0 aromatic heterocycles. The molecule has 1 N–H and O–H groups in total. The van der Waals surface area contributed by atoms with E-state index in [9.17, 15) is 17.6 Å². The quantitative estimate of drug-likeness (QED) is 0.426. The first-order valence-electron chi connectivity index (χ1n) is 10.6. The number of nitrogens with zero attached hydrogens (tertiary/aromatic N) is 1. The highest BCUT2D eigenvalue weighted by Gasteiger charge is 2.20. The van der Waals surface area contributed by atoms with Crippen LogP contribution in [0.4, 0.5) is 14.9 Å². The molecular formula is C25H27FN2O4S. The lowest BCUT2D eigenvalue weighted by Gasteiger charge is -2.29. The summed E-state index contributed by atoms with van der Waals surface area (Å²) >= 11 is 0. The first-order chi connectivity index (χ1) is 15.7. The lowest BCUT2D eigenvalue weighted by atomic mass is 10.1. The zero-order chi connectivity index (χ0) is 24.0. The van der Waals surface area contributed by atoms with Crippen LogP contribution in [-0.4, -0.2) is 25.4 Å². The van der Waals surface area contributed by atoms with E-state index in [1.54, 1.807) is 17.0 Å². The highest BCUT2D eigenvalue weighted by atomic mass is 32.2. The summed E-state index contributed by atoms with van der Waals surface area (Å²) in [5.74, 6) is -0.405. The number of nitrogens with one attached hydrogen (secondary N) is 1. The zero-order valence-electron chi connectivity index (χ0n) is 18.8. The highest BCUT2D eigenvalue weighted by molar-refractivity contribution is 7.87. The summed E-state index contributed by atoms with van der Waals surface area (Å²) in [4.78, 5) is 14.5. The number of rotatable bonds is 8. The maximum atomic E-state index is 13.1. The van der Waals surface area contributed by atoms with E-state index in [1.165, 1.54) is 12.1 Å². The molecule has 0 saturated carbocycles. The molecule has 1 atom stereocenters. The topological polar surface area (TPSA) is 75.7 Å². The Labute approximate surface area is 194 Å². The van der Waals surface area contributed by atoms with Gasteiger partial charge in [-0.25, -0.2) is 9.18 Å². The van der Waals surface area contributed by atoms with E-state index in [0.29, 0.717) is 6.54 Å². The van der Waals surface area contributed by atoms with Crippen LogP contribution in [0.15, 0.2) is 77.7 Å². The van der Waals surface area contributed by atoms with Crippen LogP contribution in [0.1, 0.15) is 31.4 Å². The minimum atomic E-state index is -4.08. The maximum absolute atomic E-state index is 13.1. The SMILES string of the molecule is CCC(C)N(Cc1ccc(OS(=O)(=O)c2ccc(F)cc2)cc1)C(=O)Nc1cccc(C)c1. The number of aryl methyl sites for hydroxylation is 1. The highest BCUT2D eigenvalue weighted by Crippen LogP contribution is 2.21. The van der Waals surface area contributed by atoms with Gasteiger partial charge in [-0.2, -0.15) is 8.42 Å². The van der Waals surface area contributed by atoms with Gasteiger partial charge in [0.25, 0.3) is 0 Å². The molecule has 3 rings (SSSR count). The molecule has 174 valence electrons. The Morgan fingerprint density at radius 2 is 1.73 bits per heavy atom. The van der Waals surface area contributed by atoms with Crippen LogP contribution in [0.25, 0.3) is 0 Å². The molecular weight excluding hydrogens is 443 g/mol.